The molecule has 1 aliphatic heterocycles. The first-order valence-corrected chi connectivity index (χ1v) is 2.52. The Kier molecular flexibility index (Phi) is 28.5. The summed E-state index contributed by atoms with van der Waals surface area (Å²) < 4.78 is 4.94. The summed E-state index contributed by atoms with van der Waals surface area (Å²) in [6, 6.07) is 0. The van der Waals surface area contributed by atoms with Gasteiger partial charge in [0.25, 0.3) is 0 Å². The molecule has 0 aromatic carbocycles. The van der Waals surface area contributed by atoms with Crippen LogP contribution < -0.4 is 18.9 Å². The average Bonchev–Trinajstić information content (AvgIpc) is 2.23. The molecule has 1 aliphatic rings. The van der Waals surface area contributed by atoms with E-state index >= 15 is 0 Å². The maximum atomic E-state index is 7.00. The Morgan fingerprint density at radius 2 is 1.44 bits per heavy atom. The predicted molar refractivity (Wildman–Crippen MR) is 30.1 cm³/mol. The second kappa shape index (κ2) is 15.8. The zero-order chi connectivity index (χ0) is 5.54. The van der Waals surface area contributed by atoms with Crippen molar-refractivity contribution in [1.29, 1.82) is 0 Å². The smallest absolute Gasteiger partial charge is 0.870 e. The third-order valence-electron chi connectivity index (χ3n) is 0.827. The summed E-state index contributed by atoms with van der Waals surface area (Å²) in [6.07, 6.45) is 2.56. The van der Waals surface area contributed by atoms with Gasteiger partial charge in [-0.25, -0.2) is 0 Å². The third-order valence-corrected chi connectivity index (χ3v) is 0.827. The number of aliphatic hydroxyl groups excluding tert-OH is 1. The molecule has 0 aromatic rings. The second-order valence-corrected chi connectivity index (χ2v) is 1.32. The van der Waals surface area contributed by atoms with Crippen LogP contribution in [0.1, 0.15) is 12.8 Å². The molecule has 0 unspecified atom stereocenters. The van der Waals surface area contributed by atoms with Gasteiger partial charge in [-0.15, -0.1) is 0 Å². The number of ether oxygens (including phenoxy) is 1. The minimum absolute atomic E-state index is 0. The van der Waals surface area contributed by atoms with Gasteiger partial charge in [0, 0.05) is 20.3 Å². The van der Waals surface area contributed by atoms with Crippen molar-refractivity contribution >= 4 is 0 Å². The molecule has 3 nitrogen and oxygen atoms in total. The molecule has 0 aliphatic carbocycles. The second-order valence-electron chi connectivity index (χ2n) is 1.32. The van der Waals surface area contributed by atoms with Gasteiger partial charge in [-0.1, -0.05) is 0 Å². The molecule has 9 heavy (non-hydrogen) atoms. The van der Waals surface area contributed by atoms with E-state index in [0.717, 1.165) is 20.3 Å². The van der Waals surface area contributed by atoms with Crippen molar-refractivity contribution in [2.45, 2.75) is 12.8 Å². The quantitative estimate of drug-likeness (QED) is 0.359. The van der Waals surface area contributed by atoms with E-state index in [1.807, 2.05) is 0 Å². The molecule has 4 heteroatoms. The van der Waals surface area contributed by atoms with E-state index in [9.17, 15) is 0 Å². The average molecular weight is 128 g/mol. The first kappa shape index (κ1) is 16.2. The zero-order valence-corrected chi connectivity index (χ0v) is 6.13. The van der Waals surface area contributed by atoms with Crippen LogP contribution >= 0.6 is 0 Å². The van der Waals surface area contributed by atoms with Gasteiger partial charge in [0.15, 0.2) is 0 Å². The van der Waals surface area contributed by atoms with Crippen LogP contribution in [0.2, 0.25) is 0 Å². The van der Waals surface area contributed by atoms with E-state index in [4.69, 9.17) is 9.84 Å². The Bertz CT molecular complexity index is 23.8. The van der Waals surface area contributed by atoms with E-state index in [-0.39, 0.29) is 24.3 Å². The topological polar surface area (TPSA) is 59.5 Å². The molecule has 0 amide bonds. The fourth-order valence-corrected chi connectivity index (χ4v) is 0.510. The molecule has 0 aromatic heterocycles. The summed E-state index contributed by atoms with van der Waals surface area (Å²) in [7, 11) is 1.00. The molecule has 0 bridgehead atoms. The summed E-state index contributed by atoms with van der Waals surface area (Å²) in [5.41, 5.74) is 0. The molecule has 1 saturated heterocycles. The Morgan fingerprint density at radius 3 is 1.56 bits per heavy atom. The van der Waals surface area contributed by atoms with E-state index in [1.54, 1.807) is 0 Å². The van der Waals surface area contributed by atoms with Crippen LogP contribution in [0.15, 0.2) is 0 Å². The molecule has 1 heterocycles. The van der Waals surface area contributed by atoms with Gasteiger partial charge in [-0.2, -0.15) is 0 Å². The van der Waals surface area contributed by atoms with E-state index < -0.39 is 0 Å². The number of hydrogen-bond donors (Lipinski definition) is 1. The summed E-state index contributed by atoms with van der Waals surface area (Å²) in [5.74, 6) is 0. The fraction of sp³-hybridized carbons (Fsp3) is 1.00. The molecular weight excluding hydrogens is 115 g/mol. The molecule has 0 radical (unpaired) electrons. The number of aliphatic hydroxyl groups is 1. The van der Waals surface area contributed by atoms with Crippen molar-refractivity contribution in [1.82, 2.24) is 0 Å². The Hall–Kier alpha value is 0.477. The van der Waals surface area contributed by atoms with Crippen LogP contribution in [-0.4, -0.2) is 30.9 Å². The van der Waals surface area contributed by atoms with Crippen LogP contribution in [0.5, 0.6) is 0 Å². The van der Waals surface area contributed by atoms with Crippen molar-refractivity contribution < 1.29 is 34.2 Å². The predicted octanol–water partition coefficient (Wildman–Crippen LogP) is -2.77. The van der Waals surface area contributed by atoms with Crippen LogP contribution in [0.4, 0.5) is 0 Å². The van der Waals surface area contributed by atoms with E-state index in [0.29, 0.717) is 0 Å². The number of rotatable bonds is 0. The van der Waals surface area contributed by atoms with Gasteiger partial charge in [0.2, 0.25) is 0 Å². The van der Waals surface area contributed by atoms with Gasteiger partial charge >= 0.3 is 18.9 Å². The Labute approximate surface area is 67.9 Å². The van der Waals surface area contributed by atoms with Gasteiger partial charge in [-0.05, 0) is 12.8 Å². The van der Waals surface area contributed by atoms with Crippen LogP contribution in [0.25, 0.3) is 0 Å². The van der Waals surface area contributed by atoms with Crippen LogP contribution in [0.3, 0.4) is 0 Å². The van der Waals surface area contributed by atoms with Crippen molar-refractivity contribution in [3.8, 4) is 0 Å². The van der Waals surface area contributed by atoms with Crippen molar-refractivity contribution in [2.24, 2.45) is 0 Å². The monoisotopic (exact) mass is 128 g/mol. The number of hydrogen-bond acceptors (Lipinski definition) is 3. The van der Waals surface area contributed by atoms with Gasteiger partial charge in [-0.3, -0.25) is 0 Å². The van der Waals surface area contributed by atoms with E-state index in [2.05, 4.69) is 0 Å². The third kappa shape index (κ3) is 11.9. The Balaban J connectivity index is -0.0000000836. The van der Waals surface area contributed by atoms with Gasteiger partial charge < -0.3 is 15.3 Å². The molecule has 0 spiro atoms. The maximum Gasteiger partial charge on any atom is 1.00 e. The molecular formula is C5H13LiO3. The normalized spacial score (nSPS) is 14.0. The van der Waals surface area contributed by atoms with Crippen LogP contribution in [-0.2, 0) is 4.74 Å². The first-order valence-electron chi connectivity index (χ1n) is 2.52. The molecule has 1 rings (SSSR count). The summed E-state index contributed by atoms with van der Waals surface area (Å²) in [6.45, 7) is 2.00. The zero-order valence-electron chi connectivity index (χ0n) is 6.13. The molecule has 1 fully saturated rings. The standard InChI is InChI=1S/C4H8O.CH4O.Li.H2O/c1-2-4-5-3-1;1-2;;/h1-4H2;2H,1H3;;1H2/q;;+1;/p-1. The molecule has 0 saturated carbocycles. The molecule has 52 valence electrons. The summed E-state index contributed by atoms with van der Waals surface area (Å²) in [5, 5.41) is 7.00. The molecule has 0 atom stereocenters. The minimum atomic E-state index is 0. The Morgan fingerprint density at radius 1 is 1.11 bits per heavy atom. The fourth-order valence-electron chi connectivity index (χ4n) is 0.510. The SMILES string of the molecule is C1CCOC1.CO.[Li+].[OH-]. The summed E-state index contributed by atoms with van der Waals surface area (Å²) >= 11 is 0. The summed E-state index contributed by atoms with van der Waals surface area (Å²) in [4.78, 5) is 0. The van der Waals surface area contributed by atoms with E-state index in [1.165, 1.54) is 12.8 Å². The van der Waals surface area contributed by atoms with Gasteiger partial charge in [0.1, 0.15) is 0 Å². The van der Waals surface area contributed by atoms with Crippen LogP contribution in [0, 0.1) is 0 Å². The van der Waals surface area contributed by atoms with Crippen molar-refractivity contribution in [3.05, 3.63) is 0 Å². The van der Waals surface area contributed by atoms with Crippen molar-refractivity contribution in [3.63, 3.8) is 0 Å². The van der Waals surface area contributed by atoms with Gasteiger partial charge in [0.05, 0.1) is 0 Å². The molecule has 2 N–H and O–H groups in total. The largest absolute Gasteiger partial charge is 1.00 e. The minimum Gasteiger partial charge on any atom is -0.870 e. The first-order chi connectivity index (χ1) is 3.50. The van der Waals surface area contributed by atoms with Crippen molar-refractivity contribution in [2.75, 3.05) is 20.3 Å². The maximum absolute atomic E-state index is 7.00.